The topological polar surface area (TPSA) is 88.6 Å². The maximum Gasteiger partial charge on any atom is 0.270 e. The quantitative estimate of drug-likeness (QED) is 0.809. The zero-order valence-corrected chi connectivity index (χ0v) is 13.4. The molecule has 0 aliphatic carbocycles. The number of nitrogens with one attached hydrogen (secondary N) is 1. The van der Waals surface area contributed by atoms with Crippen LogP contribution in [0.3, 0.4) is 0 Å². The molecule has 1 amide bonds. The average Bonchev–Trinajstić information content (AvgIpc) is 2.54. The van der Waals surface area contributed by atoms with E-state index in [2.05, 4.69) is 10.3 Å². The number of hydrogen-bond acceptors (Lipinski definition) is 5. The molecule has 0 spiro atoms. The summed E-state index contributed by atoms with van der Waals surface area (Å²) in [4.78, 5) is 16.0. The molecule has 1 N–H and O–H groups in total. The summed E-state index contributed by atoms with van der Waals surface area (Å²) in [7, 11) is -1.79. The first-order valence-corrected chi connectivity index (χ1v) is 8.82. The molecule has 1 aromatic heterocycles. The van der Waals surface area contributed by atoms with Gasteiger partial charge in [0, 0.05) is 32.4 Å². The van der Waals surface area contributed by atoms with E-state index in [9.17, 15) is 13.2 Å². The van der Waals surface area contributed by atoms with E-state index in [1.807, 2.05) is 0 Å². The van der Waals surface area contributed by atoms with E-state index in [0.717, 1.165) is 0 Å². The fraction of sp³-hybridized carbons (Fsp3) is 0.571. The molecule has 7 nitrogen and oxygen atoms in total. The molecule has 0 aromatic carbocycles. The molecule has 1 saturated heterocycles. The number of nitrogens with zero attached hydrogens (tertiary/aromatic N) is 2. The summed E-state index contributed by atoms with van der Waals surface area (Å²) in [5.74, 6) is -0.227. The van der Waals surface area contributed by atoms with Crippen LogP contribution in [-0.2, 0) is 14.8 Å². The number of amides is 1. The summed E-state index contributed by atoms with van der Waals surface area (Å²) in [5, 5.41) is 2.90. The molecule has 0 atom stereocenters. The third-order valence-electron chi connectivity index (χ3n) is 3.63. The van der Waals surface area contributed by atoms with Crippen molar-refractivity contribution in [3.63, 3.8) is 0 Å². The van der Waals surface area contributed by atoms with Gasteiger partial charge in [0.25, 0.3) is 5.91 Å². The minimum absolute atomic E-state index is 0.00549. The highest BCUT2D eigenvalue weighted by Gasteiger charge is 2.28. The van der Waals surface area contributed by atoms with Gasteiger partial charge in [0.2, 0.25) is 10.0 Å². The predicted molar refractivity (Wildman–Crippen MR) is 82.0 cm³/mol. The van der Waals surface area contributed by atoms with E-state index in [0.29, 0.717) is 31.6 Å². The van der Waals surface area contributed by atoms with Crippen molar-refractivity contribution in [1.82, 2.24) is 14.6 Å². The molecule has 22 heavy (non-hydrogen) atoms. The van der Waals surface area contributed by atoms with Crippen molar-refractivity contribution < 1.29 is 17.9 Å². The average molecular weight is 327 g/mol. The summed E-state index contributed by atoms with van der Waals surface area (Å²) in [6.07, 6.45) is 2.77. The zero-order chi connectivity index (χ0) is 16.0. The van der Waals surface area contributed by atoms with Crippen LogP contribution in [0.2, 0.25) is 0 Å². The molecular formula is C14H21N3O4S. The minimum Gasteiger partial charge on any atom is -0.384 e. The van der Waals surface area contributed by atoms with E-state index < -0.39 is 10.0 Å². The van der Waals surface area contributed by atoms with E-state index in [-0.39, 0.29) is 24.3 Å². The number of carbonyl (C=O) groups excluding carboxylic acids is 1. The van der Waals surface area contributed by atoms with Crippen molar-refractivity contribution in [1.29, 1.82) is 0 Å². The van der Waals surface area contributed by atoms with Gasteiger partial charge in [-0.1, -0.05) is 6.07 Å². The van der Waals surface area contributed by atoms with E-state index in [4.69, 9.17) is 4.74 Å². The van der Waals surface area contributed by atoms with Crippen molar-refractivity contribution in [2.24, 2.45) is 0 Å². The van der Waals surface area contributed by atoms with Crippen LogP contribution in [0.25, 0.3) is 0 Å². The van der Waals surface area contributed by atoms with E-state index >= 15 is 0 Å². The predicted octanol–water partition coefficient (Wildman–Crippen LogP) is 0.252. The van der Waals surface area contributed by atoms with Crippen molar-refractivity contribution in [2.75, 3.05) is 32.6 Å². The molecule has 2 rings (SSSR count). The number of sulfonamides is 1. The van der Waals surface area contributed by atoms with Crippen LogP contribution >= 0.6 is 0 Å². The number of pyridine rings is 1. The normalized spacial score (nSPS) is 17.3. The molecule has 1 aromatic rings. The summed E-state index contributed by atoms with van der Waals surface area (Å²) in [6.45, 7) is 1.02. The van der Waals surface area contributed by atoms with Crippen LogP contribution < -0.4 is 5.32 Å². The van der Waals surface area contributed by atoms with Gasteiger partial charge >= 0.3 is 0 Å². The highest BCUT2D eigenvalue weighted by atomic mass is 32.2. The first-order valence-electron chi connectivity index (χ1n) is 7.21. The van der Waals surface area contributed by atoms with Crippen LogP contribution in [0.15, 0.2) is 24.4 Å². The fourth-order valence-electron chi connectivity index (χ4n) is 2.35. The third kappa shape index (κ3) is 4.49. The van der Waals surface area contributed by atoms with Crippen molar-refractivity contribution in [3.8, 4) is 0 Å². The number of piperidine rings is 1. The zero-order valence-electron chi connectivity index (χ0n) is 12.6. The maximum atomic E-state index is 12.0. The largest absolute Gasteiger partial charge is 0.384 e. The SMILES string of the molecule is COCCS(=O)(=O)N1CCC(NC(=O)c2ccccn2)CC1. The summed E-state index contributed by atoms with van der Waals surface area (Å²) < 4.78 is 30.4. The highest BCUT2D eigenvalue weighted by molar-refractivity contribution is 7.89. The molecular weight excluding hydrogens is 306 g/mol. The number of rotatable bonds is 6. The van der Waals surface area contributed by atoms with Crippen LogP contribution in [0, 0.1) is 0 Å². The number of methoxy groups -OCH3 is 1. The van der Waals surface area contributed by atoms with Gasteiger partial charge in [-0.2, -0.15) is 0 Å². The minimum atomic E-state index is -3.27. The van der Waals surface area contributed by atoms with Gasteiger partial charge in [0.1, 0.15) is 5.69 Å². The lowest BCUT2D eigenvalue weighted by Crippen LogP contribution is -2.47. The van der Waals surface area contributed by atoms with E-state index in [1.54, 1.807) is 24.4 Å². The molecule has 0 unspecified atom stereocenters. The first-order chi connectivity index (χ1) is 10.5. The molecule has 1 aliphatic rings. The van der Waals surface area contributed by atoms with Crippen LogP contribution in [0.4, 0.5) is 0 Å². The third-order valence-corrected chi connectivity index (χ3v) is 5.46. The Kier molecular flexibility index (Phi) is 5.87. The molecule has 0 saturated carbocycles. The highest BCUT2D eigenvalue weighted by Crippen LogP contribution is 2.15. The number of ether oxygens (including phenoxy) is 1. The monoisotopic (exact) mass is 327 g/mol. The molecule has 122 valence electrons. The maximum absolute atomic E-state index is 12.0. The Morgan fingerprint density at radius 1 is 1.41 bits per heavy atom. The molecule has 1 aliphatic heterocycles. The number of aromatic nitrogens is 1. The standard InChI is InChI=1S/C14H21N3O4S/c1-21-10-11-22(19,20)17-8-5-12(6-9-17)16-14(18)13-4-2-3-7-15-13/h2-4,7,12H,5-6,8-11H2,1H3,(H,16,18). The Hall–Kier alpha value is -1.51. The molecule has 2 heterocycles. The van der Waals surface area contributed by atoms with Gasteiger partial charge in [-0.3, -0.25) is 9.78 Å². The Balaban J connectivity index is 1.84. The second-order valence-corrected chi connectivity index (χ2v) is 7.26. The lowest BCUT2D eigenvalue weighted by Gasteiger charge is -2.31. The molecule has 0 radical (unpaired) electrons. The smallest absolute Gasteiger partial charge is 0.270 e. The Morgan fingerprint density at radius 3 is 2.73 bits per heavy atom. The summed E-state index contributed by atoms with van der Waals surface area (Å²) >= 11 is 0. The van der Waals surface area contributed by atoms with Crippen LogP contribution in [0.1, 0.15) is 23.3 Å². The molecule has 1 fully saturated rings. The summed E-state index contributed by atoms with van der Waals surface area (Å²) in [5.41, 5.74) is 0.373. The fourth-order valence-corrected chi connectivity index (χ4v) is 3.76. The summed E-state index contributed by atoms with van der Waals surface area (Å²) in [6, 6.07) is 5.13. The first kappa shape index (κ1) is 16.9. The van der Waals surface area contributed by atoms with Gasteiger partial charge in [-0.15, -0.1) is 0 Å². The molecule has 0 bridgehead atoms. The second-order valence-electron chi connectivity index (χ2n) is 5.17. The Bertz CT molecular complexity index is 583. The lowest BCUT2D eigenvalue weighted by molar-refractivity contribution is 0.0918. The Labute approximate surface area is 130 Å². The van der Waals surface area contributed by atoms with Gasteiger partial charge in [-0.25, -0.2) is 12.7 Å². The van der Waals surface area contributed by atoms with Crippen molar-refractivity contribution in [2.45, 2.75) is 18.9 Å². The van der Waals surface area contributed by atoms with Gasteiger partial charge in [0.15, 0.2) is 0 Å². The van der Waals surface area contributed by atoms with Crippen molar-refractivity contribution >= 4 is 15.9 Å². The lowest BCUT2D eigenvalue weighted by atomic mass is 10.1. The van der Waals surface area contributed by atoms with Gasteiger partial charge in [-0.05, 0) is 25.0 Å². The van der Waals surface area contributed by atoms with Crippen LogP contribution in [-0.4, -0.2) is 62.2 Å². The Morgan fingerprint density at radius 2 is 2.14 bits per heavy atom. The molecule has 8 heteroatoms. The number of carbonyl (C=O) groups is 1. The number of hydrogen-bond donors (Lipinski definition) is 1. The second kappa shape index (κ2) is 7.66. The van der Waals surface area contributed by atoms with Crippen LogP contribution in [0.5, 0.6) is 0 Å². The van der Waals surface area contributed by atoms with E-state index in [1.165, 1.54) is 11.4 Å². The van der Waals surface area contributed by atoms with Gasteiger partial charge in [0.05, 0.1) is 12.4 Å². The van der Waals surface area contributed by atoms with Gasteiger partial charge < -0.3 is 10.1 Å². The van der Waals surface area contributed by atoms with Crippen molar-refractivity contribution in [3.05, 3.63) is 30.1 Å².